The van der Waals surface area contributed by atoms with E-state index in [1.807, 2.05) is 6.08 Å². The minimum absolute atomic E-state index is 0.765. The second kappa shape index (κ2) is 10.4. The monoisotopic (exact) mass is 438 g/mol. The predicted molar refractivity (Wildman–Crippen MR) is 127 cm³/mol. The van der Waals surface area contributed by atoms with Crippen LogP contribution in [0.5, 0.6) is 0 Å². The zero-order valence-corrected chi connectivity index (χ0v) is 19.4. The fourth-order valence-corrected chi connectivity index (χ4v) is 6.05. The fraction of sp³-hybridized carbons (Fsp3) is 0.458. The largest absolute Gasteiger partial charge is 0.302 e. The maximum atomic E-state index is 4.86. The lowest BCUT2D eigenvalue weighted by molar-refractivity contribution is 0.336. The highest BCUT2D eigenvalue weighted by Gasteiger charge is 2.17. The van der Waals surface area contributed by atoms with Gasteiger partial charge in [0.25, 0.3) is 0 Å². The van der Waals surface area contributed by atoms with Crippen molar-refractivity contribution in [1.82, 2.24) is 19.7 Å². The minimum Gasteiger partial charge on any atom is -0.302 e. The van der Waals surface area contributed by atoms with Gasteiger partial charge in [-0.3, -0.25) is 0 Å². The Morgan fingerprint density at radius 1 is 1.20 bits per heavy atom. The molecule has 0 bridgehead atoms. The van der Waals surface area contributed by atoms with Crippen molar-refractivity contribution in [2.24, 2.45) is 5.92 Å². The van der Waals surface area contributed by atoms with Gasteiger partial charge in [0.2, 0.25) is 0 Å². The minimum atomic E-state index is 0.765. The van der Waals surface area contributed by atoms with Crippen LogP contribution >= 0.6 is 23.1 Å². The number of aromatic nitrogens is 4. The number of benzene rings is 1. The predicted octanol–water partition coefficient (Wildman–Crippen LogP) is 6.70. The molecule has 1 fully saturated rings. The molecule has 0 radical (unpaired) electrons. The zero-order valence-electron chi connectivity index (χ0n) is 17.7. The van der Waals surface area contributed by atoms with Gasteiger partial charge in [-0.25, -0.2) is 4.98 Å². The summed E-state index contributed by atoms with van der Waals surface area (Å²) in [6.07, 6.45) is 11.1. The summed E-state index contributed by atoms with van der Waals surface area (Å²) < 4.78 is 2.23. The second-order valence-corrected chi connectivity index (χ2v) is 9.89. The second-order valence-electron chi connectivity index (χ2n) is 8.09. The number of allylic oxidation sites excluding steroid dienone is 1. The van der Waals surface area contributed by atoms with Crippen LogP contribution in [0.3, 0.4) is 0 Å². The number of hydrogen-bond acceptors (Lipinski definition) is 5. The van der Waals surface area contributed by atoms with E-state index in [9.17, 15) is 0 Å². The Hall–Kier alpha value is -1.92. The van der Waals surface area contributed by atoms with E-state index in [4.69, 9.17) is 4.98 Å². The van der Waals surface area contributed by atoms with Crippen LogP contribution < -0.4 is 0 Å². The molecule has 2 aromatic heterocycles. The fourth-order valence-electron chi connectivity index (χ4n) is 4.18. The Morgan fingerprint density at radius 3 is 2.83 bits per heavy atom. The normalized spacial score (nSPS) is 14.8. The first-order valence-corrected chi connectivity index (χ1v) is 12.8. The maximum absolute atomic E-state index is 4.86. The lowest BCUT2D eigenvalue weighted by Gasteiger charge is -2.21. The third kappa shape index (κ3) is 5.22. The van der Waals surface area contributed by atoms with E-state index in [0.29, 0.717) is 0 Å². The third-order valence-corrected chi connectivity index (χ3v) is 7.81. The van der Waals surface area contributed by atoms with Crippen LogP contribution in [-0.4, -0.2) is 19.7 Å². The van der Waals surface area contributed by atoms with Crippen molar-refractivity contribution < 1.29 is 0 Å². The summed E-state index contributed by atoms with van der Waals surface area (Å²) in [5, 5.41) is 13.2. The van der Waals surface area contributed by atoms with Crippen molar-refractivity contribution in [3.05, 3.63) is 59.4 Å². The van der Waals surface area contributed by atoms with Gasteiger partial charge in [-0.05, 0) is 24.8 Å². The summed E-state index contributed by atoms with van der Waals surface area (Å²) in [4.78, 5) is 4.86. The first kappa shape index (κ1) is 21.3. The maximum Gasteiger partial charge on any atom is 0.191 e. The number of thiazole rings is 1. The van der Waals surface area contributed by atoms with Gasteiger partial charge in [0, 0.05) is 29.7 Å². The van der Waals surface area contributed by atoms with Crippen molar-refractivity contribution >= 4 is 23.1 Å². The van der Waals surface area contributed by atoms with E-state index in [2.05, 4.69) is 57.9 Å². The van der Waals surface area contributed by atoms with Gasteiger partial charge in [-0.2, -0.15) is 0 Å². The molecule has 3 aromatic rings. The first-order chi connectivity index (χ1) is 14.7. The molecule has 6 heteroatoms. The Kier molecular flexibility index (Phi) is 7.39. The smallest absolute Gasteiger partial charge is 0.191 e. The molecule has 1 aromatic carbocycles. The van der Waals surface area contributed by atoms with E-state index < -0.39 is 0 Å². The molecule has 0 atom stereocenters. The molecule has 0 unspecified atom stereocenters. The summed E-state index contributed by atoms with van der Waals surface area (Å²) in [7, 11) is 0. The molecule has 1 aliphatic carbocycles. The quantitative estimate of drug-likeness (QED) is 0.275. The topological polar surface area (TPSA) is 43.6 Å². The lowest BCUT2D eigenvalue weighted by Crippen LogP contribution is -2.10. The van der Waals surface area contributed by atoms with Gasteiger partial charge in [0.05, 0.1) is 5.69 Å². The molecule has 4 rings (SSSR count). The van der Waals surface area contributed by atoms with E-state index in [0.717, 1.165) is 46.3 Å². The Labute approximate surface area is 187 Å². The van der Waals surface area contributed by atoms with Gasteiger partial charge < -0.3 is 4.57 Å². The average molecular weight is 439 g/mol. The van der Waals surface area contributed by atoms with Crippen molar-refractivity contribution in [3.63, 3.8) is 0 Å². The summed E-state index contributed by atoms with van der Waals surface area (Å²) in [6, 6.07) is 8.43. The number of hydrogen-bond donors (Lipinski definition) is 0. The van der Waals surface area contributed by atoms with Crippen LogP contribution in [0.2, 0.25) is 0 Å². The molecule has 1 aliphatic rings. The SMILES string of the molecule is C=CCn1c(CCC2CCCCC2)nnc1SCc1csc(-c2ccccc2C)n1. The highest BCUT2D eigenvalue weighted by molar-refractivity contribution is 7.98. The number of rotatable bonds is 9. The van der Waals surface area contributed by atoms with E-state index in [-0.39, 0.29) is 0 Å². The van der Waals surface area contributed by atoms with Crippen LogP contribution in [0, 0.1) is 12.8 Å². The van der Waals surface area contributed by atoms with E-state index in [1.165, 1.54) is 49.7 Å². The zero-order chi connectivity index (χ0) is 20.8. The average Bonchev–Trinajstić information content (AvgIpc) is 3.39. The standard InChI is InChI=1S/C24H30N4S2/c1-3-15-28-22(14-13-19-10-5-4-6-11-19)26-27-24(28)30-17-20-16-29-23(25-20)21-12-8-7-9-18(21)2/h3,7-9,12,16,19H,1,4-6,10-11,13-15,17H2,2H3. The molecular weight excluding hydrogens is 408 g/mol. The molecule has 0 spiro atoms. The summed E-state index contributed by atoms with van der Waals surface area (Å²) in [6.45, 7) is 6.84. The highest BCUT2D eigenvalue weighted by atomic mass is 32.2. The molecule has 0 N–H and O–H groups in total. The van der Waals surface area contributed by atoms with Gasteiger partial charge in [-0.15, -0.1) is 28.1 Å². The van der Waals surface area contributed by atoms with Crippen LogP contribution in [0.15, 0.2) is 47.5 Å². The number of thioether (sulfide) groups is 1. The first-order valence-electron chi connectivity index (χ1n) is 10.9. The van der Waals surface area contributed by atoms with E-state index in [1.54, 1.807) is 23.1 Å². The molecule has 158 valence electrons. The summed E-state index contributed by atoms with van der Waals surface area (Å²) >= 11 is 3.43. The molecule has 4 nitrogen and oxygen atoms in total. The van der Waals surface area contributed by atoms with Gasteiger partial charge >= 0.3 is 0 Å². The molecule has 30 heavy (non-hydrogen) atoms. The van der Waals surface area contributed by atoms with Gasteiger partial charge in [0.15, 0.2) is 5.16 Å². The third-order valence-electron chi connectivity index (χ3n) is 5.88. The van der Waals surface area contributed by atoms with Crippen molar-refractivity contribution in [2.45, 2.75) is 69.3 Å². The Bertz CT molecular complexity index is 969. The summed E-state index contributed by atoms with van der Waals surface area (Å²) in [5.74, 6) is 2.76. The molecular formula is C24H30N4S2. The molecule has 0 aliphatic heterocycles. The molecule has 0 amide bonds. The highest BCUT2D eigenvalue weighted by Crippen LogP contribution is 2.30. The van der Waals surface area contributed by atoms with Gasteiger partial charge in [0.1, 0.15) is 10.8 Å². The van der Waals surface area contributed by atoms with Crippen LogP contribution in [-0.2, 0) is 18.7 Å². The lowest BCUT2D eigenvalue weighted by atomic mass is 9.86. The van der Waals surface area contributed by atoms with E-state index >= 15 is 0 Å². The molecule has 1 saturated carbocycles. The Morgan fingerprint density at radius 2 is 2.03 bits per heavy atom. The van der Waals surface area contributed by atoms with Crippen LogP contribution in [0.1, 0.15) is 55.6 Å². The van der Waals surface area contributed by atoms with Crippen molar-refractivity contribution in [1.29, 1.82) is 0 Å². The summed E-state index contributed by atoms with van der Waals surface area (Å²) in [5.41, 5.74) is 3.58. The van der Waals surface area contributed by atoms with Crippen molar-refractivity contribution in [2.75, 3.05) is 0 Å². The Balaban J connectivity index is 1.40. The van der Waals surface area contributed by atoms with Crippen LogP contribution in [0.25, 0.3) is 10.6 Å². The number of aryl methyl sites for hydroxylation is 2. The van der Waals surface area contributed by atoms with Crippen molar-refractivity contribution in [3.8, 4) is 10.6 Å². The van der Waals surface area contributed by atoms with Crippen LogP contribution in [0.4, 0.5) is 0 Å². The molecule has 0 saturated heterocycles. The molecule has 2 heterocycles. The number of nitrogens with zero attached hydrogens (tertiary/aromatic N) is 4. The van der Waals surface area contributed by atoms with Gasteiger partial charge in [-0.1, -0.05) is 74.2 Å².